The van der Waals surface area contributed by atoms with Crippen molar-refractivity contribution in [2.75, 3.05) is 6.54 Å². The number of hydrogen-bond acceptors (Lipinski definition) is 3. The van der Waals surface area contributed by atoms with E-state index >= 15 is 0 Å². The second kappa shape index (κ2) is 5.03. The molecular formula is C10H10F3N3O2. The average Bonchev–Trinajstić information content (AvgIpc) is 2.24. The first kappa shape index (κ1) is 13.9. The van der Waals surface area contributed by atoms with Crippen molar-refractivity contribution < 1.29 is 23.1 Å². The van der Waals surface area contributed by atoms with Crippen LogP contribution in [0.25, 0.3) is 0 Å². The summed E-state index contributed by atoms with van der Waals surface area (Å²) in [6.07, 6.45) is -3.86. The number of carboxylic acids is 1. The van der Waals surface area contributed by atoms with Crippen LogP contribution >= 0.6 is 0 Å². The fourth-order valence-corrected chi connectivity index (χ4v) is 1.19. The van der Waals surface area contributed by atoms with Crippen molar-refractivity contribution in [3.8, 4) is 0 Å². The summed E-state index contributed by atoms with van der Waals surface area (Å²) in [5.41, 5.74) is 4.70. The van der Waals surface area contributed by atoms with Crippen LogP contribution in [0, 0.1) is 6.92 Å². The van der Waals surface area contributed by atoms with E-state index in [0.717, 1.165) is 6.07 Å². The van der Waals surface area contributed by atoms with Crippen molar-refractivity contribution in [1.29, 1.82) is 0 Å². The molecule has 0 spiro atoms. The fraction of sp³-hybridized carbons (Fsp3) is 0.300. The van der Waals surface area contributed by atoms with Crippen LogP contribution in [0.15, 0.2) is 17.3 Å². The van der Waals surface area contributed by atoms with Gasteiger partial charge in [0.1, 0.15) is 12.4 Å². The maximum atomic E-state index is 12.5. The monoisotopic (exact) mass is 261 g/mol. The average molecular weight is 261 g/mol. The van der Waals surface area contributed by atoms with Gasteiger partial charge in [-0.1, -0.05) is 0 Å². The fourth-order valence-electron chi connectivity index (χ4n) is 1.19. The van der Waals surface area contributed by atoms with Gasteiger partial charge >= 0.3 is 12.1 Å². The Morgan fingerprint density at radius 3 is 2.67 bits per heavy atom. The molecule has 0 aliphatic rings. The molecule has 0 fully saturated rings. The molecule has 0 atom stereocenters. The number of carbonyl (C=O) groups is 1. The second-order valence-corrected chi connectivity index (χ2v) is 3.45. The lowest BCUT2D eigenvalue weighted by molar-refractivity contribution is -0.138. The van der Waals surface area contributed by atoms with Gasteiger partial charge in [-0.25, -0.2) is 0 Å². The largest absolute Gasteiger partial charge is 0.480 e. The van der Waals surface area contributed by atoms with Gasteiger partial charge in [0.25, 0.3) is 0 Å². The molecule has 18 heavy (non-hydrogen) atoms. The molecule has 1 aromatic rings. The van der Waals surface area contributed by atoms with Crippen LogP contribution in [0.5, 0.6) is 0 Å². The molecule has 0 aromatic carbocycles. The van der Waals surface area contributed by atoms with Gasteiger partial charge < -0.3 is 10.8 Å². The third-order valence-corrected chi connectivity index (χ3v) is 2.07. The highest BCUT2D eigenvalue weighted by atomic mass is 19.4. The van der Waals surface area contributed by atoms with Crippen molar-refractivity contribution in [3.05, 3.63) is 29.1 Å². The van der Waals surface area contributed by atoms with Crippen LogP contribution in [0.3, 0.4) is 0 Å². The van der Waals surface area contributed by atoms with Gasteiger partial charge in [0.2, 0.25) is 0 Å². The minimum atomic E-state index is -4.54. The van der Waals surface area contributed by atoms with E-state index in [1.165, 1.54) is 6.92 Å². The van der Waals surface area contributed by atoms with Crippen molar-refractivity contribution in [3.63, 3.8) is 0 Å². The SMILES string of the molecule is Cc1ncc(C(F)(F)F)cc1C(N)=NCC(=O)O. The summed E-state index contributed by atoms with van der Waals surface area (Å²) in [6, 6.07) is 0.795. The highest BCUT2D eigenvalue weighted by Gasteiger charge is 2.31. The van der Waals surface area contributed by atoms with Crippen molar-refractivity contribution in [1.82, 2.24) is 4.98 Å². The number of aromatic nitrogens is 1. The molecule has 0 saturated carbocycles. The first-order valence-corrected chi connectivity index (χ1v) is 4.77. The zero-order valence-electron chi connectivity index (χ0n) is 9.32. The van der Waals surface area contributed by atoms with Crippen molar-refractivity contribution in [2.45, 2.75) is 13.1 Å². The number of rotatable bonds is 3. The molecule has 0 saturated heterocycles. The molecule has 1 rings (SSSR count). The summed E-state index contributed by atoms with van der Waals surface area (Å²) in [6.45, 7) is 0.847. The molecule has 0 radical (unpaired) electrons. The second-order valence-electron chi connectivity index (χ2n) is 3.45. The van der Waals surface area contributed by atoms with Gasteiger partial charge in [-0.15, -0.1) is 0 Å². The molecule has 0 aliphatic carbocycles. The van der Waals surface area contributed by atoms with Gasteiger partial charge in [0.15, 0.2) is 0 Å². The van der Waals surface area contributed by atoms with E-state index < -0.39 is 24.3 Å². The van der Waals surface area contributed by atoms with Gasteiger partial charge in [-0.2, -0.15) is 13.2 Å². The topological polar surface area (TPSA) is 88.6 Å². The normalized spacial score (nSPS) is 12.6. The summed E-state index contributed by atoms with van der Waals surface area (Å²) in [5, 5.41) is 8.40. The number of carboxylic acid groups (broad SMARTS) is 1. The van der Waals surface area contributed by atoms with E-state index in [9.17, 15) is 18.0 Å². The minimum Gasteiger partial charge on any atom is -0.480 e. The van der Waals surface area contributed by atoms with E-state index in [2.05, 4.69) is 9.98 Å². The molecule has 8 heteroatoms. The molecule has 98 valence electrons. The highest BCUT2D eigenvalue weighted by Crippen LogP contribution is 2.29. The summed E-state index contributed by atoms with van der Waals surface area (Å²) < 4.78 is 37.4. The summed E-state index contributed by atoms with van der Waals surface area (Å²) in [5.74, 6) is -1.51. The Kier molecular flexibility index (Phi) is 3.89. The first-order valence-electron chi connectivity index (χ1n) is 4.77. The van der Waals surface area contributed by atoms with Gasteiger partial charge in [-0.3, -0.25) is 14.8 Å². The van der Waals surface area contributed by atoms with Crippen LogP contribution in [0.2, 0.25) is 0 Å². The van der Waals surface area contributed by atoms with Crippen LogP contribution in [-0.2, 0) is 11.0 Å². The summed E-state index contributed by atoms with van der Waals surface area (Å²) in [4.78, 5) is 17.3. The van der Waals surface area contributed by atoms with Gasteiger partial charge in [0, 0.05) is 17.5 Å². The van der Waals surface area contributed by atoms with Gasteiger partial charge in [-0.05, 0) is 13.0 Å². The van der Waals surface area contributed by atoms with E-state index in [1.807, 2.05) is 0 Å². The number of nitrogens with zero attached hydrogens (tertiary/aromatic N) is 2. The van der Waals surface area contributed by atoms with E-state index in [0.29, 0.717) is 6.20 Å². The third kappa shape index (κ3) is 3.44. The maximum Gasteiger partial charge on any atom is 0.417 e. The molecule has 5 nitrogen and oxygen atoms in total. The lowest BCUT2D eigenvalue weighted by atomic mass is 10.1. The highest BCUT2D eigenvalue weighted by molar-refractivity contribution is 5.99. The van der Waals surface area contributed by atoms with Crippen molar-refractivity contribution >= 4 is 11.8 Å². The number of nitrogens with two attached hydrogens (primary N) is 1. The zero-order chi connectivity index (χ0) is 13.9. The number of alkyl halides is 3. The predicted molar refractivity (Wildman–Crippen MR) is 57.2 cm³/mol. The Bertz CT molecular complexity index is 498. The number of hydrogen-bond donors (Lipinski definition) is 2. The lowest BCUT2D eigenvalue weighted by Crippen LogP contribution is -2.19. The predicted octanol–water partition coefficient (Wildman–Crippen LogP) is 1.20. The number of aliphatic carboxylic acids is 1. The van der Waals surface area contributed by atoms with Crippen LogP contribution in [0.1, 0.15) is 16.8 Å². The molecular weight excluding hydrogens is 251 g/mol. The quantitative estimate of drug-likeness (QED) is 0.632. The van der Waals surface area contributed by atoms with Gasteiger partial charge in [0.05, 0.1) is 5.56 Å². The molecule has 0 unspecified atom stereocenters. The number of halogens is 3. The van der Waals surface area contributed by atoms with E-state index in [1.54, 1.807) is 0 Å². The Labute approximate surface area is 100 Å². The van der Waals surface area contributed by atoms with E-state index in [4.69, 9.17) is 10.8 Å². The Morgan fingerprint density at radius 1 is 1.56 bits per heavy atom. The lowest BCUT2D eigenvalue weighted by Gasteiger charge is -2.10. The number of aryl methyl sites for hydroxylation is 1. The molecule has 3 N–H and O–H groups in total. The van der Waals surface area contributed by atoms with E-state index in [-0.39, 0.29) is 17.1 Å². The Balaban J connectivity index is 3.15. The maximum absolute atomic E-state index is 12.5. The molecule has 0 aliphatic heterocycles. The summed E-state index contributed by atoms with van der Waals surface area (Å²) in [7, 11) is 0. The Hall–Kier alpha value is -2.12. The first-order chi connectivity index (χ1) is 8.21. The smallest absolute Gasteiger partial charge is 0.417 e. The van der Waals surface area contributed by atoms with Crippen LogP contribution < -0.4 is 5.73 Å². The zero-order valence-corrected chi connectivity index (χ0v) is 9.32. The Morgan fingerprint density at radius 2 is 2.17 bits per heavy atom. The molecule has 0 amide bonds. The molecule has 1 heterocycles. The number of pyridine rings is 1. The third-order valence-electron chi connectivity index (χ3n) is 2.07. The van der Waals surface area contributed by atoms with Crippen molar-refractivity contribution in [2.24, 2.45) is 10.7 Å². The minimum absolute atomic E-state index is 0.0222. The molecule has 1 aromatic heterocycles. The summed E-state index contributed by atoms with van der Waals surface area (Å²) >= 11 is 0. The number of aliphatic imine (C=N–C) groups is 1. The number of amidine groups is 1. The van der Waals surface area contributed by atoms with Crippen LogP contribution in [0.4, 0.5) is 13.2 Å². The standard InChI is InChI=1S/C10H10F3N3O2/c1-5-7(9(14)16-4-8(17)18)2-6(3-15-5)10(11,12)13/h2-3H,4H2,1H3,(H2,14,16)(H,17,18). The molecule has 0 bridgehead atoms. The van der Waals surface area contributed by atoms with Crippen LogP contribution in [-0.4, -0.2) is 28.4 Å².